The normalized spacial score (nSPS) is 15.6. The van der Waals surface area contributed by atoms with Crippen LogP contribution in [0.5, 0.6) is 5.88 Å². The number of hydrogen-bond donors (Lipinski definition) is 1. The molecule has 204 valence electrons. The number of nitrogens with zero attached hydrogens (tertiary/aromatic N) is 6. The fraction of sp³-hybridized carbons (Fsp3) is 0.500. The van der Waals surface area contributed by atoms with Crippen LogP contribution in [0.2, 0.25) is 0 Å². The molecule has 38 heavy (non-hydrogen) atoms. The van der Waals surface area contributed by atoms with Crippen LogP contribution < -0.4 is 15.0 Å². The molecule has 0 saturated carbocycles. The first-order valence-electron chi connectivity index (χ1n) is 12.6. The molecule has 3 aromatic heterocycles. The molecule has 0 radical (unpaired) electrons. The van der Waals surface area contributed by atoms with Crippen molar-refractivity contribution in [1.82, 2.24) is 24.3 Å². The fourth-order valence-corrected chi connectivity index (χ4v) is 4.32. The maximum absolute atomic E-state index is 14.4. The van der Waals surface area contributed by atoms with Crippen LogP contribution in [0.4, 0.5) is 20.8 Å². The molecule has 1 atom stereocenters. The first kappa shape index (κ1) is 27.1. The van der Waals surface area contributed by atoms with Gasteiger partial charge in [-0.1, -0.05) is 0 Å². The maximum Gasteiger partial charge on any atom is 0.410 e. The first-order valence-corrected chi connectivity index (χ1v) is 12.6. The van der Waals surface area contributed by atoms with Crippen molar-refractivity contribution in [3.8, 4) is 5.88 Å². The number of fused-ring (bicyclic) bond motifs is 1. The average Bonchev–Trinajstić information content (AvgIpc) is 3.44. The van der Waals surface area contributed by atoms with E-state index in [1.54, 1.807) is 38.2 Å². The minimum atomic E-state index is -0.552. The highest BCUT2D eigenvalue weighted by Crippen LogP contribution is 2.26. The van der Waals surface area contributed by atoms with Crippen molar-refractivity contribution in [2.75, 3.05) is 43.5 Å². The lowest BCUT2D eigenvalue weighted by molar-refractivity contribution is 0.0277. The van der Waals surface area contributed by atoms with E-state index in [1.165, 1.54) is 16.7 Å². The smallest absolute Gasteiger partial charge is 0.410 e. The van der Waals surface area contributed by atoms with Gasteiger partial charge in [0, 0.05) is 51.3 Å². The van der Waals surface area contributed by atoms with Gasteiger partial charge in [-0.25, -0.2) is 19.2 Å². The third-order valence-corrected chi connectivity index (χ3v) is 5.96. The van der Waals surface area contributed by atoms with E-state index in [9.17, 15) is 14.0 Å². The van der Waals surface area contributed by atoms with E-state index in [2.05, 4.69) is 20.3 Å². The summed E-state index contributed by atoms with van der Waals surface area (Å²) in [5.74, 6) is -0.272. The highest BCUT2D eigenvalue weighted by molar-refractivity contribution is 6.05. The zero-order chi connectivity index (χ0) is 27.6. The molecular weight excluding hydrogens is 493 g/mol. The number of rotatable bonds is 7. The Morgan fingerprint density at radius 2 is 2.03 bits per heavy atom. The van der Waals surface area contributed by atoms with Crippen molar-refractivity contribution in [2.45, 2.75) is 46.6 Å². The van der Waals surface area contributed by atoms with Crippen molar-refractivity contribution < 1.29 is 23.5 Å². The molecule has 0 bridgehead atoms. The second kappa shape index (κ2) is 10.8. The summed E-state index contributed by atoms with van der Waals surface area (Å²) in [7, 11) is 1.73. The van der Waals surface area contributed by atoms with Crippen molar-refractivity contribution >= 4 is 29.3 Å². The average molecular weight is 528 g/mol. The standard InChI is InChI=1S/C26H34FN7O4/c1-7-37-23-19(22(35)30-18-10-20(27)21-29-16(2)12-34(21)15-18)11-28-24(31-23)33-9-8-17(14-33)13-32(6)25(36)38-26(3,4)5/h10-12,15,17H,7-9,13-14H2,1-6H3,(H,30,35)/t17-/m1/s1. The molecule has 0 spiro atoms. The molecule has 12 heteroatoms. The van der Waals surface area contributed by atoms with Gasteiger partial charge in [0.1, 0.15) is 11.2 Å². The van der Waals surface area contributed by atoms with E-state index in [-0.39, 0.29) is 34.8 Å². The van der Waals surface area contributed by atoms with Crippen LogP contribution >= 0.6 is 0 Å². The van der Waals surface area contributed by atoms with E-state index < -0.39 is 17.3 Å². The zero-order valence-electron chi connectivity index (χ0n) is 22.6. The lowest BCUT2D eigenvalue weighted by atomic mass is 10.1. The summed E-state index contributed by atoms with van der Waals surface area (Å²) in [5.41, 5.74) is 0.697. The summed E-state index contributed by atoms with van der Waals surface area (Å²) in [6, 6.07) is 1.22. The molecule has 1 fully saturated rings. The third-order valence-electron chi connectivity index (χ3n) is 5.96. The van der Waals surface area contributed by atoms with Gasteiger partial charge >= 0.3 is 6.09 Å². The number of nitrogens with one attached hydrogen (secondary N) is 1. The molecule has 1 N–H and O–H groups in total. The van der Waals surface area contributed by atoms with Crippen molar-refractivity contribution in [2.24, 2.45) is 5.92 Å². The molecular formula is C26H34FN7O4. The van der Waals surface area contributed by atoms with Crippen molar-refractivity contribution in [1.29, 1.82) is 0 Å². The lowest BCUT2D eigenvalue weighted by Crippen LogP contribution is -2.37. The molecule has 0 aliphatic carbocycles. The highest BCUT2D eigenvalue weighted by atomic mass is 19.1. The number of imidazole rings is 1. The van der Waals surface area contributed by atoms with E-state index in [0.717, 1.165) is 6.42 Å². The Kier molecular flexibility index (Phi) is 7.70. The monoisotopic (exact) mass is 527 g/mol. The number of hydrogen-bond acceptors (Lipinski definition) is 8. The van der Waals surface area contributed by atoms with Crippen LogP contribution in [0.25, 0.3) is 5.65 Å². The minimum absolute atomic E-state index is 0.137. The molecule has 0 aromatic carbocycles. The summed E-state index contributed by atoms with van der Waals surface area (Å²) in [5, 5.41) is 2.69. The van der Waals surface area contributed by atoms with Gasteiger partial charge in [0.25, 0.3) is 5.91 Å². The fourth-order valence-electron chi connectivity index (χ4n) is 4.32. The van der Waals surface area contributed by atoms with Crippen LogP contribution in [0.1, 0.15) is 50.2 Å². The van der Waals surface area contributed by atoms with Gasteiger partial charge in [-0.3, -0.25) is 4.79 Å². The quantitative estimate of drug-likeness (QED) is 0.492. The topological polar surface area (TPSA) is 114 Å². The van der Waals surface area contributed by atoms with Crippen LogP contribution in [0.3, 0.4) is 0 Å². The van der Waals surface area contributed by atoms with Gasteiger partial charge in [0.05, 0.1) is 18.0 Å². The molecule has 1 saturated heterocycles. The number of pyridine rings is 1. The molecule has 0 unspecified atom stereocenters. The van der Waals surface area contributed by atoms with Crippen LogP contribution in [0.15, 0.2) is 24.7 Å². The van der Waals surface area contributed by atoms with Gasteiger partial charge in [0.15, 0.2) is 11.5 Å². The molecule has 1 aliphatic rings. The highest BCUT2D eigenvalue weighted by Gasteiger charge is 2.29. The van der Waals surface area contributed by atoms with Crippen LogP contribution in [-0.2, 0) is 4.74 Å². The Morgan fingerprint density at radius 1 is 1.26 bits per heavy atom. The summed E-state index contributed by atoms with van der Waals surface area (Å²) in [6.45, 7) is 11.3. The number of aromatic nitrogens is 4. The van der Waals surface area contributed by atoms with Crippen LogP contribution in [-0.4, -0.2) is 75.1 Å². The predicted octanol–water partition coefficient (Wildman–Crippen LogP) is 3.92. The Hall–Kier alpha value is -3.96. The van der Waals surface area contributed by atoms with Gasteiger partial charge in [-0.05, 0) is 47.0 Å². The van der Waals surface area contributed by atoms with Gasteiger partial charge < -0.3 is 29.0 Å². The van der Waals surface area contributed by atoms with Gasteiger partial charge in [-0.15, -0.1) is 0 Å². The number of aryl methyl sites for hydroxylation is 1. The molecule has 4 rings (SSSR count). The predicted molar refractivity (Wildman–Crippen MR) is 140 cm³/mol. The Morgan fingerprint density at radius 3 is 2.74 bits per heavy atom. The van der Waals surface area contributed by atoms with Crippen molar-refractivity contribution in [3.05, 3.63) is 41.7 Å². The second-order valence-electron chi connectivity index (χ2n) is 10.4. The first-order chi connectivity index (χ1) is 17.9. The number of carbonyl (C=O) groups is 2. The summed E-state index contributed by atoms with van der Waals surface area (Å²) in [4.78, 5) is 42.0. The van der Waals surface area contributed by atoms with Crippen molar-refractivity contribution in [3.63, 3.8) is 0 Å². The van der Waals surface area contributed by atoms with Gasteiger partial charge in [-0.2, -0.15) is 4.98 Å². The number of anilines is 2. The molecule has 2 amide bonds. The lowest BCUT2D eigenvalue weighted by Gasteiger charge is -2.26. The van der Waals surface area contributed by atoms with Gasteiger partial charge in [0.2, 0.25) is 11.8 Å². The van der Waals surface area contributed by atoms with E-state index >= 15 is 0 Å². The SMILES string of the molecule is CCOc1nc(N2CC[C@H](CN(C)C(=O)OC(C)(C)C)C2)ncc1C(=O)Nc1cc(F)c2nc(C)cn2c1. The van der Waals surface area contributed by atoms with Crippen LogP contribution in [0, 0.1) is 18.7 Å². The zero-order valence-corrected chi connectivity index (χ0v) is 22.6. The second-order valence-corrected chi connectivity index (χ2v) is 10.4. The number of amides is 2. The summed E-state index contributed by atoms with van der Waals surface area (Å²) < 4.78 is 27.1. The maximum atomic E-state index is 14.4. The van der Waals surface area contributed by atoms with E-state index in [0.29, 0.717) is 37.9 Å². The Bertz CT molecular complexity index is 1340. The summed E-state index contributed by atoms with van der Waals surface area (Å²) in [6.07, 6.45) is 5.17. The van der Waals surface area contributed by atoms with E-state index in [4.69, 9.17) is 9.47 Å². The number of carbonyl (C=O) groups excluding carboxylic acids is 2. The number of halogens is 1. The Balaban J connectivity index is 1.45. The molecule has 11 nitrogen and oxygen atoms in total. The molecule has 4 heterocycles. The van der Waals surface area contributed by atoms with E-state index in [1.807, 2.05) is 25.7 Å². The Labute approximate surface area is 221 Å². The largest absolute Gasteiger partial charge is 0.477 e. The summed E-state index contributed by atoms with van der Waals surface area (Å²) >= 11 is 0. The third kappa shape index (κ3) is 6.29. The molecule has 1 aliphatic heterocycles. The minimum Gasteiger partial charge on any atom is -0.477 e. The molecule has 3 aromatic rings. The number of ether oxygens (including phenoxy) is 2.